The topological polar surface area (TPSA) is 49.4 Å². The molecule has 152 valence electrons. The van der Waals surface area contributed by atoms with Crippen molar-refractivity contribution in [3.05, 3.63) is 100 Å². The van der Waals surface area contributed by atoms with Crippen LogP contribution in [0.15, 0.2) is 60.7 Å². The van der Waals surface area contributed by atoms with E-state index >= 15 is 0 Å². The van der Waals surface area contributed by atoms with Crippen molar-refractivity contribution < 1.29 is 18.4 Å². The van der Waals surface area contributed by atoms with Gasteiger partial charge in [-0.1, -0.05) is 29.3 Å². The molecule has 2 amide bonds. The fourth-order valence-corrected chi connectivity index (χ4v) is 3.93. The minimum atomic E-state index is -0.761. The van der Waals surface area contributed by atoms with Gasteiger partial charge in [-0.3, -0.25) is 9.59 Å². The van der Waals surface area contributed by atoms with Crippen molar-refractivity contribution in [1.82, 2.24) is 4.90 Å². The summed E-state index contributed by atoms with van der Waals surface area (Å²) in [6.45, 7) is 3.56. The number of hydrogen-bond donors (Lipinski definition) is 1. The van der Waals surface area contributed by atoms with Gasteiger partial charge in [-0.25, -0.2) is 8.78 Å². The molecule has 1 unspecified atom stereocenters. The van der Waals surface area contributed by atoms with Gasteiger partial charge in [0.2, 0.25) is 5.91 Å². The van der Waals surface area contributed by atoms with Gasteiger partial charge in [0.25, 0.3) is 5.91 Å². The maximum Gasteiger partial charge on any atom is 0.255 e. The number of nitrogens with zero attached hydrogens (tertiary/aromatic N) is 1. The minimum absolute atomic E-state index is 0.218. The van der Waals surface area contributed by atoms with Crippen molar-refractivity contribution in [2.75, 3.05) is 11.9 Å². The monoisotopic (exact) mass is 406 g/mol. The number of rotatable bonds is 2. The standard InChI is InChI=1S/C24H20F2N2O2/c1-14-9-15(2)11-17(10-14)24(30)28-13-22(29)27-21-8-7-19(26)12-20(21)23(28)16-3-5-18(25)6-4-16/h3-12,23H,13H2,1-2H3,(H,27,29). The van der Waals surface area contributed by atoms with E-state index in [2.05, 4.69) is 5.32 Å². The maximum atomic E-state index is 14.2. The molecule has 1 aliphatic rings. The van der Waals surface area contributed by atoms with Crippen molar-refractivity contribution in [3.63, 3.8) is 0 Å². The molecule has 0 aromatic heterocycles. The zero-order valence-corrected chi connectivity index (χ0v) is 16.6. The Morgan fingerprint density at radius 2 is 1.57 bits per heavy atom. The van der Waals surface area contributed by atoms with E-state index in [4.69, 9.17) is 0 Å². The number of anilines is 1. The average molecular weight is 406 g/mol. The predicted molar refractivity (Wildman–Crippen MR) is 110 cm³/mol. The second kappa shape index (κ2) is 7.71. The first kappa shape index (κ1) is 19.8. The fraction of sp³-hybridized carbons (Fsp3) is 0.167. The van der Waals surface area contributed by atoms with Gasteiger partial charge in [0.15, 0.2) is 0 Å². The van der Waals surface area contributed by atoms with Gasteiger partial charge in [-0.05, 0) is 61.9 Å². The first-order valence-corrected chi connectivity index (χ1v) is 9.56. The molecule has 3 aromatic rings. The molecule has 0 bridgehead atoms. The van der Waals surface area contributed by atoms with Gasteiger partial charge >= 0.3 is 0 Å². The highest BCUT2D eigenvalue weighted by atomic mass is 19.1. The third-order valence-electron chi connectivity index (χ3n) is 5.12. The molecule has 0 fully saturated rings. The second-order valence-electron chi connectivity index (χ2n) is 7.54. The molecule has 1 heterocycles. The highest BCUT2D eigenvalue weighted by molar-refractivity contribution is 6.01. The second-order valence-corrected chi connectivity index (χ2v) is 7.54. The highest BCUT2D eigenvalue weighted by Crippen LogP contribution is 2.37. The molecular weight excluding hydrogens is 386 g/mol. The number of amides is 2. The number of aryl methyl sites for hydroxylation is 2. The van der Waals surface area contributed by atoms with E-state index in [9.17, 15) is 18.4 Å². The lowest BCUT2D eigenvalue weighted by Gasteiger charge is -2.31. The Hall–Kier alpha value is -3.54. The lowest BCUT2D eigenvalue weighted by molar-refractivity contribution is -0.117. The molecule has 1 atom stereocenters. The lowest BCUT2D eigenvalue weighted by Crippen LogP contribution is -2.39. The molecule has 0 saturated carbocycles. The molecule has 0 saturated heterocycles. The molecule has 1 aliphatic heterocycles. The molecule has 0 spiro atoms. The zero-order chi connectivity index (χ0) is 21.4. The van der Waals surface area contributed by atoms with Gasteiger partial charge in [0.05, 0.1) is 6.04 Å². The van der Waals surface area contributed by atoms with Crippen molar-refractivity contribution >= 4 is 17.5 Å². The Balaban J connectivity index is 1.90. The molecule has 6 heteroatoms. The number of fused-ring (bicyclic) bond motifs is 1. The van der Waals surface area contributed by atoms with E-state index in [1.54, 1.807) is 24.3 Å². The molecule has 4 nitrogen and oxygen atoms in total. The summed E-state index contributed by atoms with van der Waals surface area (Å²) in [5, 5.41) is 2.75. The van der Waals surface area contributed by atoms with Crippen LogP contribution in [0, 0.1) is 25.5 Å². The fourth-order valence-electron chi connectivity index (χ4n) is 3.93. The zero-order valence-electron chi connectivity index (χ0n) is 16.6. The smallest absolute Gasteiger partial charge is 0.255 e. The van der Waals surface area contributed by atoms with E-state index in [1.807, 2.05) is 19.9 Å². The van der Waals surface area contributed by atoms with Gasteiger partial charge in [0, 0.05) is 16.8 Å². The summed E-state index contributed by atoms with van der Waals surface area (Å²) < 4.78 is 27.7. The van der Waals surface area contributed by atoms with Crippen LogP contribution < -0.4 is 5.32 Å². The largest absolute Gasteiger partial charge is 0.324 e. The Kier molecular flexibility index (Phi) is 5.08. The Morgan fingerprint density at radius 1 is 0.933 bits per heavy atom. The average Bonchev–Trinajstić information content (AvgIpc) is 2.83. The first-order chi connectivity index (χ1) is 14.3. The van der Waals surface area contributed by atoms with Gasteiger partial charge in [-0.2, -0.15) is 0 Å². The number of carbonyl (C=O) groups excluding carboxylic acids is 2. The quantitative estimate of drug-likeness (QED) is 0.667. The van der Waals surface area contributed by atoms with Crippen LogP contribution in [-0.2, 0) is 4.79 Å². The molecule has 30 heavy (non-hydrogen) atoms. The normalized spacial score (nSPS) is 15.9. The van der Waals surface area contributed by atoms with Crippen LogP contribution >= 0.6 is 0 Å². The number of carbonyl (C=O) groups is 2. The molecular formula is C24H20F2N2O2. The van der Waals surface area contributed by atoms with Gasteiger partial charge < -0.3 is 10.2 Å². The Morgan fingerprint density at radius 3 is 2.23 bits per heavy atom. The van der Waals surface area contributed by atoms with Crippen molar-refractivity contribution in [2.45, 2.75) is 19.9 Å². The number of nitrogens with one attached hydrogen (secondary N) is 1. The van der Waals surface area contributed by atoms with E-state index in [0.29, 0.717) is 22.4 Å². The summed E-state index contributed by atoms with van der Waals surface area (Å²) in [5.74, 6) is -1.65. The van der Waals surface area contributed by atoms with Crippen LogP contribution in [0.3, 0.4) is 0 Å². The summed E-state index contributed by atoms with van der Waals surface area (Å²) in [4.78, 5) is 27.5. The van der Waals surface area contributed by atoms with E-state index in [-0.39, 0.29) is 18.4 Å². The summed E-state index contributed by atoms with van der Waals surface area (Å²) in [6, 6.07) is 14.4. The summed E-state index contributed by atoms with van der Waals surface area (Å²) in [5.41, 5.74) is 3.71. The van der Waals surface area contributed by atoms with E-state index < -0.39 is 17.7 Å². The third kappa shape index (κ3) is 3.81. The molecule has 4 rings (SSSR count). The predicted octanol–water partition coefficient (Wildman–Crippen LogP) is 4.77. The minimum Gasteiger partial charge on any atom is -0.324 e. The Labute approximate surface area is 173 Å². The van der Waals surface area contributed by atoms with Gasteiger partial charge in [-0.15, -0.1) is 0 Å². The van der Waals surface area contributed by atoms with Crippen LogP contribution in [0.4, 0.5) is 14.5 Å². The van der Waals surface area contributed by atoms with Crippen LogP contribution in [0.25, 0.3) is 0 Å². The van der Waals surface area contributed by atoms with E-state index in [0.717, 1.165) is 11.1 Å². The summed E-state index contributed by atoms with van der Waals surface area (Å²) in [6.07, 6.45) is 0. The first-order valence-electron chi connectivity index (χ1n) is 9.56. The third-order valence-corrected chi connectivity index (χ3v) is 5.12. The van der Waals surface area contributed by atoms with Crippen LogP contribution in [0.2, 0.25) is 0 Å². The van der Waals surface area contributed by atoms with Gasteiger partial charge in [0.1, 0.15) is 18.2 Å². The van der Waals surface area contributed by atoms with Crippen molar-refractivity contribution in [3.8, 4) is 0 Å². The summed E-state index contributed by atoms with van der Waals surface area (Å²) in [7, 11) is 0. The lowest BCUT2D eigenvalue weighted by atomic mass is 9.94. The Bertz CT molecular complexity index is 1120. The number of hydrogen-bond acceptors (Lipinski definition) is 2. The van der Waals surface area contributed by atoms with Crippen LogP contribution in [-0.4, -0.2) is 23.3 Å². The maximum absolute atomic E-state index is 14.2. The molecule has 0 radical (unpaired) electrons. The van der Waals surface area contributed by atoms with Crippen LogP contribution in [0.1, 0.15) is 38.7 Å². The SMILES string of the molecule is Cc1cc(C)cc(C(=O)N2CC(=O)Nc3ccc(F)cc3C2c2ccc(F)cc2)c1. The number of halogens is 2. The number of benzene rings is 3. The molecule has 1 N–H and O–H groups in total. The highest BCUT2D eigenvalue weighted by Gasteiger charge is 2.34. The van der Waals surface area contributed by atoms with E-state index in [1.165, 1.54) is 35.2 Å². The molecule has 3 aromatic carbocycles. The molecule has 0 aliphatic carbocycles. The van der Waals surface area contributed by atoms with Crippen LogP contribution in [0.5, 0.6) is 0 Å². The van der Waals surface area contributed by atoms with Crippen molar-refractivity contribution in [2.24, 2.45) is 0 Å². The van der Waals surface area contributed by atoms with Crippen molar-refractivity contribution in [1.29, 1.82) is 0 Å². The summed E-state index contributed by atoms with van der Waals surface area (Å²) >= 11 is 0.